The van der Waals surface area contributed by atoms with Gasteiger partial charge in [-0.1, -0.05) is 80.6 Å². The highest BCUT2D eigenvalue weighted by Crippen LogP contribution is 2.33. The zero-order chi connectivity index (χ0) is 13.4. The van der Waals surface area contributed by atoms with Crippen molar-refractivity contribution < 1.29 is 0 Å². The van der Waals surface area contributed by atoms with Crippen molar-refractivity contribution in [1.82, 2.24) is 0 Å². The number of rotatable bonds is 9. The molecule has 0 aromatic heterocycles. The standard InChI is InChI=1S/C17H36/c1-8-9-10-11-12-14(4)16(6)17(7)15(5)13(2)3/h13-17H,8-12H2,1-7H3. The molecule has 0 N–H and O–H groups in total. The van der Waals surface area contributed by atoms with Gasteiger partial charge in [0.25, 0.3) is 0 Å². The monoisotopic (exact) mass is 240 g/mol. The van der Waals surface area contributed by atoms with Crippen LogP contribution in [0.25, 0.3) is 0 Å². The first-order valence-electron chi connectivity index (χ1n) is 7.91. The molecule has 4 unspecified atom stereocenters. The third kappa shape index (κ3) is 6.48. The fraction of sp³-hybridized carbons (Fsp3) is 1.00. The van der Waals surface area contributed by atoms with E-state index in [0.717, 1.165) is 29.6 Å². The van der Waals surface area contributed by atoms with E-state index in [1.54, 1.807) is 0 Å². The molecule has 0 saturated heterocycles. The summed E-state index contributed by atoms with van der Waals surface area (Å²) in [5, 5.41) is 0. The second-order valence-electron chi connectivity index (χ2n) is 6.65. The molecule has 0 fully saturated rings. The maximum atomic E-state index is 2.47. The second kappa shape index (κ2) is 9.00. The lowest BCUT2D eigenvalue weighted by Crippen LogP contribution is -2.25. The Balaban J connectivity index is 3.98. The largest absolute Gasteiger partial charge is 0.0654 e. The van der Waals surface area contributed by atoms with Crippen molar-refractivity contribution in [3.63, 3.8) is 0 Å². The highest BCUT2D eigenvalue weighted by atomic mass is 14.3. The van der Waals surface area contributed by atoms with Gasteiger partial charge in [-0.3, -0.25) is 0 Å². The van der Waals surface area contributed by atoms with E-state index >= 15 is 0 Å². The molecule has 0 aliphatic rings. The van der Waals surface area contributed by atoms with E-state index in [1.807, 2.05) is 0 Å². The molecule has 104 valence electrons. The van der Waals surface area contributed by atoms with E-state index in [9.17, 15) is 0 Å². The predicted molar refractivity (Wildman–Crippen MR) is 80.3 cm³/mol. The molecular formula is C17H36. The molecule has 0 aliphatic carbocycles. The van der Waals surface area contributed by atoms with Crippen molar-refractivity contribution in [1.29, 1.82) is 0 Å². The molecule has 4 atom stereocenters. The predicted octanol–water partition coefficient (Wildman–Crippen LogP) is 6.16. The molecule has 0 amide bonds. The molecule has 0 bridgehead atoms. The minimum Gasteiger partial charge on any atom is -0.0654 e. The molecule has 0 aromatic carbocycles. The average molecular weight is 240 g/mol. The Morgan fingerprint density at radius 1 is 0.647 bits per heavy atom. The van der Waals surface area contributed by atoms with E-state index in [0.29, 0.717) is 0 Å². The van der Waals surface area contributed by atoms with Gasteiger partial charge in [-0.25, -0.2) is 0 Å². The number of hydrogen-bond acceptors (Lipinski definition) is 0. The summed E-state index contributed by atoms with van der Waals surface area (Å²) in [6.45, 7) is 16.8. The van der Waals surface area contributed by atoms with Crippen molar-refractivity contribution in [2.24, 2.45) is 29.6 Å². The van der Waals surface area contributed by atoms with Crippen LogP contribution >= 0.6 is 0 Å². The zero-order valence-corrected chi connectivity index (χ0v) is 13.4. The van der Waals surface area contributed by atoms with Crippen LogP contribution in [0.2, 0.25) is 0 Å². The molecule has 0 spiro atoms. The fourth-order valence-electron chi connectivity index (χ4n) is 2.76. The maximum absolute atomic E-state index is 2.47. The molecule has 0 aromatic rings. The lowest BCUT2D eigenvalue weighted by Gasteiger charge is -2.32. The van der Waals surface area contributed by atoms with Gasteiger partial charge in [-0.05, 0) is 29.6 Å². The summed E-state index contributed by atoms with van der Waals surface area (Å²) in [5.41, 5.74) is 0. The third-order valence-electron chi connectivity index (χ3n) is 5.12. The summed E-state index contributed by atoms with van der Waals surface area (Å²) >= 11 is 0. The summed E-state index contributed by atoms with van der Waals surface area (Å²) in [5.74, 6) is 4.29. The quantitative estimate of drug-likeness (QED) is 0.424. The first kappa shape index (κ1) is 17.0. The summed E-state index contributed by atoms with van der Waals surface area (Å²) in [6.07, 6.45) is 7.06. The lowest BCUT2D eigenvalue weighted by atomic mass is 9.73. The highest BCUT2D eigenvalue weighted by Gasteiger charge is 2.25. The molecule has 0 rings (SSSR count). The van der Waals surface area contributed by atoms with Crippen LogP contribution in [-0.4, -0.2) is 0 Å². The molecule has 0 aliphatic heterocycles. The molecule has 0 radical (unpaired) electrons. The second-order valence-corrected chi connectivity index (χ2v) is 6.65. The molecule has 17 heavy (non-hydrogen) atoms. The SMILES string of the molecule is CCCCCCC(C)C(C)C(C)C(C)C(C)C. The summed E-state index contributed by atoms with van der Waals surface area (Å²) < 4.78 is 0. The van der Waals surface area contributed by atoms with E-state index in [-0.39, 0.29) is 0 Å². The van der Waals surface area contributed by atoms with Gasteiger partial charge in [0.2, 0.25) is 0 Å². The topological polar surface area (TPSA) is 0 Å². The Labute approximate surface area is 111 Å². The van der Waals surface area contributed by atoms with Crippen LogP contribution in [0, 0.1) is 29.6 Å². The summed E-state index contributed by atoms with van der Waals surface area (Å²) in [7, 11) is 0. The Kier molecular flexibility index (Phi) is 9.00. The van der Waals surface area contributed by atoms with Gasteiger partial charge in [0.05, 0.1) is 0 Å². The summed E-state index contributed by atoms with van der Waals surface area (Å²) in [6, 6.07) is 0. The minimum atomic E-state index is 0.819. The first-order valence-corrected chi connectivity index (χ1v) is 7.91. The van der Waals surface area contributed by atoms with E-state index in [1.165, 1.54) is 32.1 Å². The Hall–Kier alpha value is 0. The van der Waals surface area contributed by atoms with Crippen LogP contribution in [-0.2, 0) is 0 Å². The zero-order valence-electron chi connectivity index (χ0n) is 13.4. The van der Waals surface area contributed by atoms with Crippen LogP contribution in [0.1, 0.15) is 80.6 Å². The van der Waals surface area contributed by atoms with Gasteiger partial charge in [-0.15, -0.1) is 0 Å². The van der Waals surface area contributed by atoms with Crippen molar-refractivity contribution in [3.05, 3.63) is 0 Å². The van der Waals surface area contributed by atoms with Crippen LogP contribution < -0.4 is 0 Å². The van der Waals surface area contributed by atoms with Crippen LogP contribution in [0.4, 0.5) is 0 Å². The van der Waals surface area contributed by atoms with Crippen molar-refractivity contribution >= 4 is 0 Å². The lowest BCUT2D eigenvalue weighted by molar-refractivity contribution is 0.169. The van der Waals surface area contributed by atoms with Gasteiger partial charge in [0.15, 0.2) is 0 Å². The van der Waals surface area contributed by atoms with Crippen molar-refractivity contribution in [2.45, 2.75) is 80.6 Å². The normalized spacial score (nSPS) is 19.1. The molecule has 0 saturated carbocycles. The van der Waals surface area contributed by atoms with Gasteiger partial charge in [0.1, 0.15) is 0 Å². The Morgan fingerprint density at radius 2 is 1.24 bits per heavy atom. The highest BCUT2D eigenvalue weighted by molar-refractivity contribution is 4.74. The number of hydrogen-bond donors (Lipinski definition) is 0. The third-order valence-corrected chi connectivity index (χ3v) is 5.12. The van der Waals surface area contributed by atoms with Gasteiger partial charge in [-0.2, -0.15) is 0 Å². The van der Waals surface area contributed by atoms with Gasteiger partial charge < -0.3 is 0 Å². The van der Waals surface area contributed by atoms with Crippen LogP contribution in [0.3, 0.4) is 0 Å². The molecular weight excluding hydrogens is 204 g/mol. The Morgan fingerprint density at radius 3 is 1.71 bits per heavy atom. The van der Waals surface area contributed by atoms with Gasteiger partial charge in [0, 0.05) is 0 Å². The molecule has 0 heteroatoms. The first-order chi connectivity index (χ1) is 7.91. The van der Waals surface area contributed by atoms with E-state index in [2.05, 4.69) is 48.5 Å². The van der Waals surface area contributed by atoms with E-state index in [4.69, 9.17) is 0 Å². The average Bonchev–Trinajstić information content (AvgIpc) is 2.31. The van der Waals surface area contributed by atoms with Crippen LogP contribution in [0.15, 0.2) is 0 Å². The van der Waals surface area contributed by atoms with Crippen molar-refractivity contribution in [2.75, 3.05) is 0 Å². The molecule has 0 nitrogen and oxygen atoms in total. The number of unbranched alkanes of at least 4 members (excludes halogenated alkanes) is 3. The van der Waals surface area contributed by atoms with E-state index < -0.39 is 0 Å². The smallest absolute Gasteiger partial charge is 0.0386 e. The minimum absolute atomic E-state index is 0.819. The maximum Gasteiger partial charge on any atom is -0.0386 e. The molecule has 0 heterocycles. The fourth-order valence-corrected chi connectivity index (χ4v) is 2.76. The van der Waals surface area contributed by atoms with Gasteiger partial charge >= 0.3 is 0 Å². The Bertz CT molecular complexity index is 171. The summed E-state index contributed by atoms with van der Waals surface area (Å²) in [4.78, 5) is 0. The van der Waals surface area contributed by atoms with Crippen LogP contribution in [0.5, 0.6) is 0 Å². The van der Waals surface area contributed by atoms with Crippen molar-refractivity contribution in [3.8, 4) is 0 Å².